The van der Waals surface area contributed by atoms with Crippen molar-refractivity contribution in [2.24, 2.45) is 0 Å². The molecule has 0 bridgehead atoms. The molecule has 0 fully saturated rings. The van der Waals surface area contributed by atoms with Crippen LogP contribution < -0.4 is 5.32 Å². The van der Waals surface area contributed by atoms with Gasteiger partial charge in [0.1, 0.15) is 5.82 Å². The van der Waals surface area contributed by atoms with Crippen LogP contribution in [0.1, 0.15) is 17.2 Å². The average molecular weight is 289 g/mol. The summed E-state index contributed by atoms with van der Waals surface area (Å²) in [7, 11) is 0. The molecule has 1 heterocycles. The summed E-state index contributed by atoms with van der Waals surface area (Å²) in [6.07, 6.45) is 0.701. The van der Waals surface area contributed by atoms with E-state index in [1.807, 2.05) is 24.3 Å². The highest BCUT2D eigenvalue weighted by molar-refractivity contribution is 5.64. The van der Waals surface area contributed by atoms with Gasteiger partial charge in [0.05, 0.1) is 6.04 Å². The van der Waals surface area contributed by atoms with Crippen LogP contribution in [-0.2, 0) is 6.42 Å². The van der Waals surface area contributed by atoms with E-state index in [4.69, 9.17) is 0 Å². The van der Waals surface area contributed by atoms with Gasteiger partial charge in [-0.1, -0.05) is 60.7 Å². The maximum Gasteiger partial charge on any atom is 0.128 e. The maximum absolute atomic E-state index is 13.8. The van der Waals surface area contributed by atoms with Crippen LogP contribution in [0.4, 0.5) is 10.1 Å². The van der Waals surface area contributed by atoms with Crippen molar-refractivity contribution < 1.29 is 4.39 Å². The fourth-order valence-electron chi connectivity index (χ4n) is 3.08. The summed E-state index contributed by atoms with van der Waals surface area (Å²) in [5.41, 5.74) is 5.31. The number of benzene rings is 3. The molecule has 3 aromatic rings. The van der Waals surface area contributed by atoms with Crippen molar-refractivity contribution in [3.63, 3.8) is 0 Å². The Morgan fingerprint density at radius 3 is 2.23 bits per heavy atom. The summed E-state index contributed by atoms with van der Waals surface area (Å²) >= 11 is 0. The lowest BCUT2D eigenvalue weighted by atomic mass is 9.99. The molecule has 4 rings (SSSR count). The fraction of sp³-hybridized carbons (Fsp3) is 0.100. The summed E-state index contributed by atoms with van der Waals surface area (Å²) in [6.45, 7) is 0. The molecule has 2 heteroatoms. The summed E-state index contributed by atoms with van der Waals surface area (Å²) in [5, 5.41) is 3.41. The lowest BCUT2D eigenvalue weighted by molar-refractivity contribution is 0.610. The van der Waals surface area contributed by atoms with Crippen LogP contribution in [0.5, 0.6) is 0 Å². The number of anilines is 1. The number of rotatable bonds is 2. The van der Waals surface area contributed by atoms with Gasteiger partial charge in [-0.3, -0.25) is 0 Å². The van der Waals surface area contributed by atoms with E-state index in [-0.39, 0.29) is 11.9 Å². The van der Waals surface area contributed by atoms with Crippen LogP contribution in [0.2, 0.25) is 0 Å². The first-order chi connectivity index (χ1) is 10.8. The van der Waals surface area contributed by atoms with Crippen LogP contribution in [0.3, 0.4) is 0 Å². The predicted molar refractivity (Wildman–Crippen MR) is 88.3 cm³/mol. The van der Waals surface area contributed by atoms with Crippen molar-refractivity contribution in [3.8, 4) is 11.1 Å². The third kappa shape index (κ3) is 2.27. The first-order valence-corrected chi connectivity index (χ1v) is 7.50. The molecule has 1 aliphatic heterocycles. The maximum atomic E-state index is 13.8. The second-order valence-corrected chi connectivity index (χ2v) is 5.66. The fourth-order valence-corrected chi connectivity index (χ4v) is 3.08. The Morgan fingerprint density at radius 1 is 0.773 bits per heavy atom. The van der Waals surface area contributed by atoms with Crippen LogP contribution in [0.25, 0.3) is 11.1 Å². The number of nitrogens with one attached hydrogen (secondary N) is 1. The molecule has 0 saturated heterocycles. The number of halogens is 1. The molecule has 0 radical (unpaired) electrons. The lowest BCUT2D eigenvalue weighted by Gasteiger charge is -2.12. The van der Waals surface area contributed by atoms with E-state index < -0.39 is 0 Å². The SMILES string of the molecule is Fc1cccc2c1CC(c1ccc(-c3ccccc3)cc1)N2. The van der Waals surface area contributed by atoms with Crippen LogP contribution in [0, 0.1) is 5.82 Å². The zero-order chi connectivity index (χ0) is 14.9. The average Bonchev–Trinajstić information content (AvgIpc) is 3.02. The van der Waals surface area contributed by atoms with Crippen molar-refractivity contribution in [1.82, 2.24) is 0 Å². The standard InChI is InChI=1S/C20H16FN/c21-18-7-4-8-19-17(18)13-20(22-19)16-11-9-15(10-12-16)14-5-2-1-3-6-14/h1-12,20,22H,13H2. The molecule has 1 aliphatic rings. The molecule has 0 aromatic heterocycles. The molecule has 0 aliphatic carbocycles. The molecule has 3 aromatic carbocycles. The molecule has 0 spiro atoms. The number of fused-ring (bicyclic) bond motifs is 1. The van der Waals surface area contributed by atoms with Gasteiger partial charge >= 0.3 is 0 Å². The molecule has 108 valence electrons. The Labute approximate surface area is 129 Å². The van der Waals surface area contributed by atoms with Gasteiger partial charge < -0.3 is 5.32 Å². The second-order valence-electron chi connectivity index (χ2n) is 5.66. The van der Waals surface area contributed by atoms with Gasteiger partial charge in [-0.05, 0) is 28.8 Å². The number of hydrogen-bond donors (Lipinski definition) is 1. The quantitative estimate of drug-likeness (QED) is 0.683. The Hall–Kier alpha value is -2.61. The Bertz CT molecular complexity index is 794. The van der Waals surface area contributed by atoms with Gasteiger partial charge in [-0.25, -0.2) is 4.39 Å². The highest BCUT2D eigenvalue weighted by atomic mass is 19.1. The van der Waals surface area contributed by atoms with E-state index in [9.17, 15) is 4.39 Å². The summed E-state index contributed by atoms with van der Waals surface area (Å²) in [6, 6.07) is 24.2. The Balaban J connectivity index is 1.59. The molecule has 1 unspecified atom stereocenters. The highest BCUT2D eigenvalue weighted by Gasteiger charge is 2.24. The van der Waals surface area contributed by atoms with Gasteiger partial charge in [0.25, 0.3) is 0 Å². The summed E-state index contributed by atoms with van der Waals surface area (Å²) < 4.78 is 13.8. The smallest absolute Gasteiger partial charge is 0.128 e. The van der Waals surface area contributed by atoms with Crippen LogP contribution in [-0.4, -0.2) is 0 Å². The molecule has 0 saturated carbocycles. The van der Waals surface area contributed by atoms with Gasteiger partial charge in [-0.15, -0.1) is 0 Å². The van der Waals surface area contributed by atoms with Gasteiger partial charge in [-0.2, -0.15) is 0 Å². The molecule has 1 N–H and O–H groups in total. The van der Waals surface area contributed by atoms with Crippen molar-refractivity contribution in [2.45, 2.75) is 12.5 Å². The van der Waals surface area contributed by atoms with Gasteiger partial charge in [0, 0.05) is 17.7 Å². The molecular formula is C20H16FN. The van der Waals surface area contributed by atoms with Crippen molar-refractivity contribution in [3.05, 3.63) is 89.7 Å². The molecule has 1 atom stereocenters. The second kappa shape index (κ2) is 5.30. The topological polar surface area (TPSA) is 12.0 Å². The van der Waals surface area contributed by atoms with Crippen molar-refractivity contribution in [2.75, 3.05) is 5.32 Å². The van der Waals surface area contributed by atoms with Gasteiger partial charge in [0.2, 0.25) is 0 Å². The molecule has 1 nitrogen and oxygen atoms in total. The van der Waals surface area contributed by atoms with E-state index in [1.165, 1.54) is 22.8 Å². The van der Waals surface area contributed by atoms with E-state index in [2.05, 4.69) is 41.7 Å². The first-order valence-electron chi connectivity index (χ1n) is 7.50. The Morgan fingerprint density at radius 2 is 1.50 bits per heavy atom. The minimum atomic E-state index is -0.117. The minimum absolute atomic E-state index is 0.117. The van der Waals surface area contributed by atoms with E-state index in [0.717, 1.165) is 11.3 Å². The summed E-state index contributed by atoms with van der Waals surface area (Å²) in [5.74, 6) is -0.117. The summed E-state index contributed by atoms with van der Waals surface area (Å²) in [4.78, 5) is 0. The third-order valence-corrected chi connectivity index (χ3v) is 4.28. The zero-order valence-electron chi connectivity index (χ0n) is 12.1. The number of hydrogen-bond acceptors (Lipinski definition) is 1. The minimum Gasteiger partial charge on any atom is -0.378 e. The largest absolute Gasteiger partial charge is 0.378 e. The molecule has 22 heavy (non-hydrogen) atoms. The zero-order valence-corrected chi connectivity index (χ0v) is 12.1. The normalized spacial score (nSPS) is 16.1. The van der Waals surface area contributed by atoms with Crippen molar-refractivity contribution >= 4 is 5.69 Å². The monoisotopic (exact) mass is 289 g/mol. The van der Waals surface area contributed by atoms with E-state index in [0.29, 0.717) is 6.42 Å². The molecule has 0 amide bonds. The van der Waals surface area contributed by atoms with Gasteiger partial charge in [0.15, 0.2) is 0 Å². The highest BCUT2D eigenvalue weighted by Crippen LogP contribution is 2.36. The van der Waals surface area contributed by atoms with E-state index >= 15 is 0 Å². The van der Waals surface area contributed by atoms with Crippen LogP contribution >= 0.6 is 0 Å². The van der Waals surface area contributed by atoms with Crippen molar-refractivity contribution in [1.29, 1.82) is 0 Å². The molecular weight excluding hydrogens is 273 g/mol. The lowest BCUT2D eigenvalue weighted by Crippen LogP contribution is -2.05. The van der Waals surface area contributed by atoms with Crippen LogP contribution in [0.15, 0.2) is 72.8 Å². The Kier molecular flexibility index (Phi) is 3.15. The predicted octanol–water partition coefficient (Wildman–Crippen LogP) is 5.20. The first kappa shape index (κ1) is 13.1. The van der Waals surface area contributed by atoms with E-state index in [1.54, 1.807) is 6.07 Å². The third-order valence-electron chi connectivity index (χ3n) is 4.28.